The summed E-state index contributed by atoms with van der Waals surface area (Å²) < 4.78 is 0. The number of hydrogen-bond acceptors (Lipinski definition) is 4. The molecule has 0 saturated heterocycles. The predicted octanol–water partition coefficient (Wildman–Crippen LogP) is 0.830. The minimum Gasteiger partial charge on any atom is -0.361 e. The maximum atomic E-state index is 11.9. The number of hydrogen-bond donors (Lipinski definition) is 1. The Morgan fingerprint density at radius 2 is 2.11 bits per heavy atom. The van der Waals surface area contributed by atoms with Crippen molar-refractivity contribution >= 4 is 28.9 Å². The van der Waals surface area contributed by atoms with Crippen molar-refractivity contribution in [1.82, 2.24) is 4.98 Å². The van der Waals surface area contributed by atoms with Crippen LogP contribution in [0.3, 0.4) is 0 Å². The van der Waals surface area contributed by atoms with Crippen molar-refractivity contribution < 1.29 is 9.58 Å². The van der Waals surface area contributed by atoms with Crippen molar-refractivity contribution in [3.05, 3.63) is 29.4 Å². The molecule has 1 aliphatic rings. The first kappa shape index (κ1) is 11.8. The molecule has 7 nitrogen and oxygen atoms in total. The Bertz CT molecular complexity index is 607. The molecule has 0 unspecified atom stereocenters. The number of carbonyl (C=O) groups is 1. The topological polar surface area (TPSA) is 103 Å². The number of aryl methyl sites for hydroxylation is 1. The third-order valence-corrected chi connectivity index (χ3v) is 2.34. The van der Waals surface area contributed by atoms with E-state index in [1.54, 1.807) is 19.2 Å². The second kappa shape index (κ2) is 4.68. The van der Waals surface area contributed by atoms with Crippen LogP contribution in [0.25, 0.3) is 5.53 Å². The fraction of sp³-hybridized carbons (Fsp3) is 0.182. The number of rotatable bonds is 2. The third kappa shape index (κ3) is 2.21. The zero-order chi connectivity index (χ0) is 13.1. The minimum absolute atomic E-state index is 0.0302. The van der Waals surface area contributed by atoms with Gasteiger partial charge in [-0.2, -0.15) is 4.79 Å². The van der Waals surface area contributed by atoms with Gasteiger partial charge in [0.25, 0.3) is 5.91 Å². The van der Waals surface area contributed by atoms with Gasteiger partial charge in [0.15, 0.2) is 5.71 Å². The van der Waals surface area contributed by atoms with Crippen LogP contribution in [0.15, 0.2) is 28.5 Å². The summed E-state index contributed by atoms with van der Waals surface area (Å²) in [4.78, 5) is 18.9. The first-order valence-corrected chi connectivity index (χ1v) is 5.21. The summed E-state index contributed by atoms with van der Waals surface area (Å²) in [6.07, 6.45) is 1.63. The van der Waals surface area contributed by atoms with Gasteiger partial charge in [0.1, 0.15) is 5.82 Å². The molecule has 1 aliphatic heterocycles. The molecule has 0 bridgehead atoms. The fourth-order valence-corrected chi connectivity index (χ4v) is 1.38. The zero-order valence-electron chi connectivity index (χ0n) is 9.88. The Hall–Kier alpha value is -2.66. The number of aromatic nitrogens is 1. The van der Waals surface area contributed by atoms with E-state index in [1.807, 2.05) is 13.0 Å². The lowest BCUT2D eigenvalue weighted by Crippen LogP contribution is -2.31. The molecule has 2 heterocycles. The van der Waals surface area contributed by atoms with Crippen LogP contribution in [0.1, 0.15) is 12.5 Å². The van der Waals surface area contributed by atoms with Crippen LogP contribution >= 0.6 is 0 Å². The van der Waals surface area contributed by atoms with E-state index in [9.17, 15) is 4.79 Å². The van der Waals surface area contributed by atoms with Crippen molar-refractivity contribution in [2.45, 2.75) is 13.8 Å². The number of nitrogens with zero attached hydrogens (tertiary/aromatic N) is 5. The van der Waals surface area contributed by atoms with Gasteiger partial charge in [-0.25, -0.2) is 4.98 Å². The first-order valence-electron chi connectivity index (χ1n) is 5.21. The first-order chi connectivity index (χ1) is 8.61. The SMILES string of the molecule is CC1=NN=C(C(=O)Nc2ccc(C)cn2)C1=[N+]=[N-]. The van der Waals surface area contributed by atoms with Gasteiger partial charge in [0.05, 0.1) is 0 Å². The Morgan fingerprint density at radius 1 is 1.33 bits per heavy atom. The van der Waals surface area contributed by atoms with Gasteiger partial charge in [-0.05, 0) is 25.5 Å². The van der Waals surface area contributed by atoms with Crippen LogP contribution in [0.2, 0.25) is 0 Å². The lowest BCUT2D eigenvalue weighted by Gasteiger charge is -2.01. The second-order valence-electron chi connectivity index (χ2n) is 3.76. The molecule has 1 aromatic heterocycles. The zero-order valence-corrected chi connectivity index (χ0v) is 9.88. The van der Waals surface area contributed by atoms with E-state index in [1.165, 1.54) is 0 Å². The highest BCUT2D eigenvalue weighted by Crippen LogP contribution is 2.06. The largest absolute Gasteiger partial charge is 0.371 e. The highest BCUT2D eigenvalue weighted by molar-refractivity contribution is 6.82. The normalized spacial score (nSPS) is 13.8. The molecule has 0 aliphatic carbocycles. The molecule has 1 amide bonds. The smallest absolute Gasteiger partial charge is 0.361 e. The Kier molecular flexibility index (Phi) is 3.07. The van der Waals surface area contributed by atoms with Gasteiger partial charge in [-0.1, -0.05) is 6.07 Å². The standard InChI is InChI=1S/C11H10N6O/c1-6-3-4-8(13-5-6)14-11(18)10-9(15-12)7(2)16-17-10/h3-5H,1-2H3,(H,13,14,18). The van der Waals surface area contributed by atoms with E-state index in [0.29, 0.717) is 11.5 Å². The summed E-state index contributed by atoms with van der Waals surface area (Å²) in [5, 5.41) is 9.89. The lowest BCUT2D eigenvalue weighted by molar-refractivity contribution is -0.110. The molecular weight excluding hydrogens is 232 g/mol. The summed E-state index contributed by atoms with van der Waals surface area (Å²) in [5.74, 6) is -0.116. The number of carbonyl (C=O) groups excluding carboxylic acids is 1. The number of amides is 1. The van der Waals surface area contributed by atoms with Crippen LogP contribution < -0.4 is 5.32 Å². The molecule has 0 spiro atoms. The summed E-state index contributed by atoms with van der Waals surface area (Å²) >= 11 is 0. The molecule has 1 N–H and O–H groups in total. The van der Waals surface area contributed by atoms with Gasteiger partial charge in [-0.15, -0.1) is 10.2 Å². The Balaban J connectivity index is 2.15. The average molecular weight is 242 g/mol. The van der Waals surface area contributed by atoms with Gasteiger partial charge in [0.2, 0.25) is 5.71 Å². The summed E-state index contributed by atoms with van der Waals surface area (Å²) in [6, 6.07) is 3.49. The van der Waals surface area contributed by atoms with E-state index >= 15 is 0 Å². The van der Waals surface area contributed by atoms with Crippen molar-refractivity contribution in [2.75, 3.05) is 5.32 Å². The molecule has 90 valence electrons. The van der Waals surface area contributed by atoms with E-state index in [-0.39, 0.29) is 11.4 Å². The van der Waals surface area contributed by atoms with Gasteiger partial charge in [-0.3, -0.25) is 4.79 Å². The summed E-state index contributed by atoms with van der Waals surface area (Å²) in [6.45, 7) is 3.50. The van der Waals surface area contributed by atoms with Crippen LogP contribution in [0.5, 0.6) is 0 Å². The van der Waals surface area contributed by atoms with Crippen LogP contribution in [-0.4, -0.2) is 32.8 Å². The molecular formula is C11H10N6O. The monoisotopic (exact) mass is 242 g/mol. The van der Waals surface area contributed by atoms with E-state index in [4.69, 9.17) is 5.53 Å². The minimum atomic E-state index is -0.514. The highest BCUT2D eigenvalue weighted by atomic mass is 16.2. The lowest BCUT2D eigenvalue weighted by atomic mass is 10.1. The maximum absolute atomic E-state index is 11.9. The van der Waals surface area contributed by atoms with Crippen molar-refractivity contribution in [2.24, 2.45) is 10.2 Å². The van der Waals surface area contributed by atoms with Crippen molar-refractivity contribution in [1.29, 1.82) is 0 Å². The maximum Gasteiger partial charge on any atom is 0.371 e. The molecule has 18 heavy (non-hydrogen) atoms. The molecule has 0 saturated carbocycles. The molecule has 0 radical (unpaired) electrons. The summed E-state index contributed by atoms with van der Waals surface area (Å²) in [5.41, 5.74) is 10.2. The van der Waals surface area contributed by atoms with Crippen molar-refractivity contribution in [3.63, 3.8) is 0 Å². The average Bonchev–Trinajstić information content (AvgIpc) is 2.73. The Labute approximate surface area is 103 Å². The number of anilines is 1. The van der Waals surface area contributed by atoms with Crippen LogP contribution in [0.4, 0.5) is 5.82 Å². The van der Waals surface area contributed by atoms with Crippen LogP contribution in [0, 0.1) is 6.92 Å². The van der Waals surface area contributed by atoms with E-state index < -0.39 is 5.91 Å². The summed E-state index contributed by atoms with van der Waals surface area (Å²) in [7, 11) is 0. The highest BCUT2D eigenvalue weighted by Gasteiger charge is 2.32. The number of nitrogens with one attached hydrogen (secondary N) is 1. The molecule has 7 heteroatoms. The van der Waals surface area contributed by atoms with Crippen LogP contribution in [-0.2, 0) is 4.79 Å². The molecule has 1 aromatic rings. The van der Waals surface area contributed by atoms with Crippen molar-refractivity contribution in [3.8, 4) is 0 Å². The van der Waals surface area contributed by atoms with E-state index in [0.717, 1.165) is 5.56 Å². The van der Waals surface area contributed by atoms with Gasteiger partial charge < -0.3 is 10.8 Å². The fourth-order valence-electron chi connectivity index (χ4n) is 1.38. The van der Waals surface area contributed by atoms with Gasteiger partial charge >= 0.3 is 5.71 Å². The molecule has 0 fully saturated rings. The predicted molar refractivity (Wildman–Crippen MR) is 66.8 cm³/mol. The number of pyridine rings is 1. The van der Waals surface area contributed by atoms with Gasteiger partial charge in [0, 0.05) is 6.20 Å². The molecule has 0 atom stereocenters. The second-order valence-corrected chi connectivity index (χ2v) is 3.76. The van der Waals surface area contributed by atoms with E-state index in [2.05, 4.69) is 25.3 Å². The molecule has 0 aromatic carbocycles. The Morgan fingerprint density at radius 3 is 2.72 bits per heavy atom. The quantitative estimate of drug-likeness (QED) is 0.613. The molecule has 2 rings (SSSR count). The third-order valence-electron chi connectivity index (χ3n) is 2.34.